The molecule has 1 fully saturated rings. The van der Waals surface area contributed by atoms with Crippen LogP contribution >= 0.6 is 11.6 Å². The molecule has 2 heterocycles. The van der Waals surface area contributed by atoms with E-state index in [-0.39, 0.29) is 17.0 Å². The fourth-order valence-electron chi connectivity index (χ4n) is 3.02. The number of aromatic nitrogens is 1. The molecule has 1 saturated heterocycles. The SMILES string of the molecule is COc1ccccc1C1CCCN1C(=O)c1c[nH]c(=O)c(Cl)c1. The third-order valence-corrected chi connectivity index (χ3v) is 4.40. The van der Waals surface area contributed by atoms with Crippen molar-refractivity contribution < 1.29 is 9.53 Å². The van der Waals surface area contributed by atoms with Crippen molar-refractivity contribution in [3.8, 4) is 5.75 Å². The van der Waals surface area contributed by atoms with Gasteiger partial charge in [-0.1, -0.05) is 29.8 Å². The van der Waals surface area contributed by atoms with E-state index >= 15 is 0 Å². The minimum atomic E-state index is -0.397. The van der Waals surface area contributed by atoms with Crippen molar-refractivity contribution in [1.29, 1.82) is 0 Å². The van der Waals surface area contributed by atoms with Gasteiger partial charge in [0.1, 0.15) is 10.8 Å². The van der Waals surface area contributed by atoms with Crippen molar-refractivity contribution in [3.63, 3.8) is 0 Å². The van der Waals surface area contributed by atoms with Crippen LogP contribution in [0.3, 0.4) is 0 Å². The van der Waals surface area contributed by atoms with Gasteiger partial charge in [-0.2, -0.15) is 0 Å². The summed E-state index contributed by atoms with van der Waals surface area (Å²) in [4.78, 5) is 28.5. The lowest BCUT2D eigenvalue weighted by molar-refractivity contribution is 0.0733. The number of methoxy groups -OCH3 is 1. The summed E-state index contributed by atoms with van der Waals surface area (Å²) in [6, 6.07) is 9.10. The van der Waals surface area contributed by atoms with Gasteiger partial charge < -0.3 is 14.6 Å². The summed E-state index contributed by atoms with van der Waals surface area (Å²) in [6.45, 7) is 0.665. The first kappa shape index (κ1) is 15.6. The number of likely N-dealkylation sites (tertiary alicyclic amines) is 1. The second-order valence-corrected chi connectivity index (χ2v) is 5.87. The van der Waals surface area contributed by atoms with Gasteiger partial charge in [0.25, 0.3) is 11.5 Å². The van der Waals surface area contributed by atoms with Crippen LogP contribution in [0, 0.1) is 0 Å². The number of H-pyrrole nitrogens is 1. The Hall–Kier alpha value is -2.27. The fourth-order valence-corrected chi connectivity index (χ4v) is 3.19. The van der Waals surface area contributed by atoms with Crippen molar-refractivity contribution in [3.05, 3.63) is 63.0 Å². The van der Waals surface area contributed by atoms with E-state index in [1.54, 1.807) is 7.11 Å². The molecule has 1 aliphatic heterocycles. The first-order valence-electron chi connectivity index (χ1n) is 7.44. The lowest BCUT2D eigenvalue weighted by atomic mass is 10.0. The Bertz CT molecular complexity index is 787. The predicted octanol–water partition coefficient (Wildman–Crippen LogP) is 3.01. The number of carbonyl (C=O) groups excluding carboxylic acids is 1. The van der Waals surface area contributed by atoms with Crippen LogP contribution in [0.5, 0.6) is 5.75 Å². The number of nitrogens with zero attached hydrogens (tertiary/aromatic N) is 1. The Morgan fingerprint density at radius 1 is 1.39 bits per heavy atom. The Balaban J connectivity index is 1.93. The monoisotopic (exact) mass is 332 g/mol. The van der Waals surface area contributed by atoms with E-state index in [4.69, 9.17) is 16.3 Å². The number of ether oxygens (including phenoxy) is 1. The van der Waals surface area contributed by atoms with Crippen LogP contribution in [0.15, 0.2) is 41.3 Å². The Morgan fingerprint density at radius 3 is 2.91 bits per heavy atom. The molecular weight excluding hydrogens is 316 g/mol. The minimum Gasteiger partial charge on any atom is -0.496 e. The van der Waals surface area contributed by atoms with Crippen molar-refractivity contribution in [2.45, 2.75) is 18.9 Å². The molecule has 23 heavy (non-hydrogen) atoms. The first-order valence-corrected chi connectivity index (χ1v) is 7.81. The van der Waals surface area contributed by atoms with Crippen LogP contribution in [0.2, 0.25) is 5.02 Å². The zero-order valence-corrected chi connectivity index (χ0v) is 13.5. The summed E-state index contributed by atoms with van der Waals surface area (Å²) in [5.41, 5.74) is 0.985. The summed E-state index contributed by atoms with van der Waals surface area (Å²) < 4.78 is 5.42. The number of hydrogen-bond acceptors (Lipinski definition) is 3. The lowest BCUT2D eigenvalue weighted by Gasteiger charge is -2.26. The van der Waals surface area contributed by atoms with Gasteiger partial charge in [-0.3, -0.25) is 9.59 Å². The molecule has 1 atom stereocenters. The molecule has 3 rings (SSSR count). The van der Waals surface area contributed by atoms with E-state index in [2.05, 4.69) is 4.98 Å². The molecule has 0 spiro atoms. The summed E-state index contributed by atoms with van der Waals surface area (Å²) in [5, 5.41) is 0.0175. The van der Waals surface area contributed by atoms with Crippen LogP contribution in [0.4, 0.5) is 0 Å². The number of carbonyl (C=O) groups is 1. The maximum atomic E-state index is 12.8. The van der Waals surface area contributed by atoms with Crippen molar-refractivity contribution in [1.82, 2.24) is 9.88 Å². The van der Waals surface area contributed by atoms with E-state index in [1.807, 2.05) is 29.2 Å². The highest BCUT2D eigenvalue weighted by atomic mass is 35.5. The van der Waals surface area contributed by atoms with Gasteiger partial charge in [-0.15, -0.1) is 0 Å². The molecule has 120 valence electrons. The summed E-state index contributed by atoms with van der Waals surface area (Å²) in [6.07, 6.45) is 3.21. The molecule has 0 aliphatic carbocycles. The summed E-state index contributed by atoms with van der Waals surface area (Å²) in [7, 11) is 1.63. The average Bonchev–Trinajstić information content (AvgIpc) is 3.06. The quantitative estimate of drug-likeness (QED) is 0.939. The molecule has 1 N–H and O–H groups in total. The number of halogens is 1. The average molecular weight is 333 g/mol. The fraction of sp³-hybridized carbons (Fsp3) is 0.294. The number of benzene rings is 1. The molecule has 1 amide bonds. The summed E-state index contributed by atoms with van der Waals surface area (Å²) in [5.74, 6) is 0.633. The molecule has 0 bridgehead atoms. The molecule has 0 radical (unpaired) electrons. The number of hydrogen-bond donors (Lipinski definition) is 1. The maximum absolute atomic E-state index is 12.8. The second kappa shape index (κ2) is 6.46. The number of nitrogens with one attached hydrogen (secondary N) is 1. The number of pyridine rings is 1. The molecule has 1 aromatic carbocycles. The van der Waals surface area contributed by atoms with E-state index in [0.717, 1.165) is 24.2 Å². The van der Waals surface area contributed by atoms with Gasteiger partial charge in [-0.05, 0) is 25.0 Å². The van der Waals surface area contributed by atoms with Crippen LogP contribution in [-0.4, -0.2) is 29.4 Å². The number of rotatable bonds is 3. The third-order valence-electron chi connectivity index (χ3n) is 4.12. The number of para-hydroxylation sites is 1. The Morgan fingerprint density at radius 2 is 2.17 bits per heavy atom. The highest BCUT2D eigenvalue weighted by Gasteiger charge is 2.32. The number of aromatic amines is 1. The van der Waals surface area contributed by atoms with Crippen LogP contribution in [0.1, 0.15) is 34.8 Å². The van der Waals surface area contributed by atoms with Crippen molar-refractivity contribution in [2.75, 3.05) is 13.7 Å². The van der Waals surface area contributed by atoms with Gasteiger partial charge in [0.15, 0.2) is 0 Å². The van der Waals surface area contributed by atoms with Gasteiger partial charge in [0.2, 0.25) is 0 Å². The minimum absolute atomic E-state index is 0.0175. The van der Waals surface area contributed by atoms with Crippen molar-refractivity contribution in [2.24, 2.45) is 0 Å². The molecule has 5 nitrogen and oxygen atoms in total. The van der Waals surface area contributed by atoms with E-state index in [9.17, 15) is 9.59 Å². The molecular formula is C17H17ClN2O3. The second-order valence-electron chi connectivity index (χ2n) is 5.46. The van der Waals surface area contributed by atoms with Crippen LogP contribution in [-0.2, 0) is 0 Å². The molecule has 6 heteroatoms. The molecule has 1 aromatic heterocycles. The maximum Gasteiger partial charge on any atom is 0.266 e. The highest BCUT2D eigenvalue weighted by Crippen LogP contribution is 2.37. The summed E-state index contributed by atoms with van der Waals surface area (Å²) >= 11 is 5.83. The van der Waals surface area contributed by atoms with Gasteiger partial charge in [0, 0.05) is 18.3 Å². The first-order chi connectivity index (χ1) is 11.1. The standard InChI is InChI=1S/C17H17ClN2O3/c1-23-15-7-3-2-5-12(15)14-6-4-8-20(14)17(22)11-9-13(18)16(21)19-10-11/h2-3,5,7,9-10,14H,4,6,8H2,1H3,(H,19,21). The van der Waals surface area contributed by atoms with Crippen LogP contribution in [0.25, 0.3) is 0 Å². The Labute approximate surface area is 138 Å². The van der Waals surface area contributed by atoms with E-state index in [1.165, 1.54) is 12.3 Å². The van der Waals surface area contributed by atoms with Gasteiger partial charge in [0.05, 0.1) is 18.7 Å². The van der Waals surface area contributed by atoms with E-state index < -0.39 is 5.56 Å². The smallest absolute Gasteiger partial charge is 0.266 e. The zero-order chi connectivity index (χ0) is 16.4. The predicted molar refractivity (Wildman–Crippen MR) is 88.1 cm³/mol. The number of amides is 1. The third kappa shape index (κ3) is 2.97. The normalized spacial score (nSPS) is 17.3. The molecule has 1 aliphatic rings. The Kier molecular flexibility index (Phi) is 4.39. The van der Waals surface area contributed by atoms with E-state index in [0.29, 0.717) is 12.1 Å². The highest BCUT2D eigenvalue weighted by molar-refractivity contribution is 6.30. The largest absolute Gasteiger partial charge is 0.496 e. The molecule has 0 saturated carbocycles. The van der Waals surface area contributed by atoms with Crippen LogP contribution < -0.4 is 10.3 Å². The molecule has 1 unspecified atom stereocenters. The molecule has 2 aromatic rings. The van der Waals surface area contributed by atoms with Crippen molar-refractivity contribution >= 4 is 17.5 Å². The van der Waals surface area contributed by atoms with Gasteiger partial charge >= 0.3 is 0 Å². The topological polar surface area (TPSA) is 62.4 Å². The lowest BCUT2D eigenvalue weighted by Crippen LogP contribution is -2.31. The van der Waals surface area contributed by atoms with Gasteiger partial charge in [-0.25, -0.2) is 0 Å². The zero-order valence-electron chi connectivity index (χ0n) is 12.7.